The zero-order valence-electron chi connectivity index (χ0n) is 15.4. The molecule has 0 aliphatic rings. The van der Waals surface area contributed by atoms with E-state index >= 15 is 0 Å². The van der Waals surface area contributed by atoms with Crippen LogP contribution in [0.1, 0.15) is 36.7 Å². The number of methoxy groups -OCH3 is 1. The molecule has 2 rings (SSSR count). The van der Waals surface area contributed by atoms with Gasteiger partial charge in [0, 0.05) is 11.3 Å². The van der Waals surface area contributed by atoms with Crippen LogP contribution >= 0.6 is 0 Å². The third-order valence-electron chi connectivity index (χ3n) is 3.76. The Labute approximate surface area is 153 Å². The molecule has 26 heavy (non-hydrogen) atoms. The Hall–Kier alpha value is -3.08. The first-order valence-corrected chi connectivity index (χ1v) is 8.34. The molecule has 2 aromatic carbocycles. The minimum absolute atomic E-state index is 0.0589. The molecule has 1 unspecified atom stereocenters. The van der Waals surface area contributed by atoms with Crippen LogP contribution in [0.5, 0.6) is 11.5 Å². The number of hydrogen-bond donors (Lipinski definition) is 1. The van der Waals surface area contributed by atoms with Crippen LogP contribution in [0, 0.1) is 0 Å². The number of carbonyl (C=O) groups excluding carboxylic acids is 2. The molecular formula is C21H23NO4. The van der Waals surface area contributed by atoms with Gasteiger partial charge in [-0.15, -0.1) is 0 Å². The molecule has 136 valence electrons. The van der Waals surface area contributed by atoms with Crippen molar-refractivity contribution in [1.82, 2.24) is 0 Å². The van der Waals surface area contributed by atoms with Gasteiger partial charge in [-0.2, -0.15) is 0 Å². The fourth-order valence-electron chi connectivity index (χ4n) is 2.38. The van der Waals surface area contributed by atoms with Crippen molar-refractivity contribution in [3.05, 3.63) is 59.7 Å². The Morgan fingerprint density at radius 2 is 1.88 bits per heavy atom. The zero-order valence-corrected chi connectivity index (χ0v) is 15.4. The van der Waals surface area contributed by atoms with E-state index in [9.17, 15) is 9.59 Å². The monoisotopic (exact) mass is 353 g/mol. The van der Waals surface area contributed by atoms with E-state index in [4.69, 9.17) is 9.47 Å². The second kappa shape index (κ2) is 8.85. The van der Waals surface area contributed by atoms with Crippen LogP contribution in [0.2, 0.25) is 0 Å². The van der Waals surface area contributed by atoms with Gasteiger partial charge in [0.1, 0.15) is 0 Å². The molecule has 2 aromatic rings. The number of nitrogens with one attached hydrogen (secondary N) is 1. The Morgan fingerprint density at radius 3 is 2.54 bits per heavy atom. The summed E-state index contributed by atoms with van der Waals surface area (Å²) >= 11 is 0. The molecule has 0 aliphatic carbocycles. The molecule has 0 radical (unpaired) electrons. The van der Waals surface area contributed by atoms with Crippen molar-refractivity contribution in [3.8, 4) is 11.5 Å². The Kier molecular flexibility index (Phi) is 6.55. The number of amides is 1. The van der Waals surface area contributed by atoms with E-state index in [0.717, 1.165) is 5.56 Å². The smallest absolute Gasteiger partial charge is 0.265 e. The fraction of sp³-hybridized carbons (Fsp3) is 0.238. The first-order chi connectivity index (χ1) is 12.4. The van der Waals surface area contributed by atoms with Crippen LogP contribution in [0.3, 0.4) is 0 Å². The molecule has 0 fully saturated rings. The van der Waals surface area contributed by atoms with Gasteiger partial charge in [-0.3, -0.25) is 9.59 Å². The van der Waals surface area contributed by atoms with Crippen LogP contribution in [0.25, 0.3) is 6.08 Å². The predicted octanol–water partition coefficient (Wildman–Crippen LogP) is 4.34. The first-order valence-electron chi connectivity index (χ1n) is 8.34. The average Bonchev–Trinajstić information content (AvgIpc) is 2.63. The van der Waals surface area contributed by atoms with Crippen molar-refractivity contribution in [1.29, 1.82) is 0 Å². The average molecular weight is 353 g/mol. The van der Waals surface area contributed by atoms with Gasteiger partial charge >= 0.3 is 0 Å². The van der Waals surface area contributed by atoms with E-state index in [0.29, 0.717) is 22.7 Å². The van der Waals surface area contributed by atoms with Crippen molar-refractivity contribution >= 4 is 23.5 Å². The number of anilines is 1. The summed E-state index contributed by atoms with van der Waals surface area (Å²) in [5.74, 6) is 0.668. The van der Waals surface area contributed by atoms with Crippen LogP contribution in [0.4, 0.5) is 5.69 Å². The Bertz CT molecular complexity index is 827. The molecule has 5 heteroatoms. The number of ether oxygens (including phenoxy) is 2. The maximum absolute atomic E-state index is 12.4. The van der Waals surface area contributed by atoms with Gasteiger partial charge < -0.3 is 14.8 Å². The molecule has 5 nitrogen and oxygen atoms in total. The highest BCUT2D eigenvalue weighted by Gasteiger charge is 2.17. The number of hydrogen-bond acceptors (Lipinski definition) is 4. The van der Waals surface area contributed by atoms with Crippen molar-refractivity contribution < 1.29 is 19.1 Å². The highest BCUT2D eigenvalue weighted by atomic mass is 16.5. The lowest BCUT2D eigenvalue weighted by Gasteiger charge is -2.17. The molecule has 1 amide bonds. The van der Waals surface area contributed by atoms with Crippen LogP contribution in [0.15, 0.2) is 48.5 Å². The number of benzene rings is 2. The lowest BCUT2D eigenvalue weighted by Crippen LogP contribution is -2.30. The summed E-state index contributed by atoms with van der Waals surface area (Å²) < 4.78 is 11.1. The quantitative estimate of drug-likeness (QED) is 0.752. The lowest BCUT2D eigenvalue weighted by molar-refractivity contribution is -0.122. The van der Waals surface area contributed by atoms with E-state index in [1.807, 2.05) is 31.2 Å². The SMILES string of the molecule is C/C=C/c1ccc(OC(C)C(=O)Nc2cccc(C(C)=O)c2)c(OC)c1. The molecule has 0 saturated carbocycles. The van der Waals surface area contributed by atoms with Gasteiger partial charge in [-0.1, -0.05) is 30.4 Å². The second-order valence-electron chi connectivity index (χ2n) is 5.80. The zero-order chi connectivity index (χ0) is 19.1. The number of rotatable bonds is 7. The maximum Gasteiger partial charge on any atom is 0.265 e. The van der Waals surface area contributed by atoms with Crippen molar-refractivity contribution in [2.24, 2.45) is 0 Å². The van der Waals surface area contributed by atoms with E-state index < -0.39 is 6.10 Å². The molecule has 0 bridgehead atoms. The Morgan fingerprint density at radius 1 is 1.12 bits per heavy atom. The number of Topliss-reactive ketones (excluding diaryl/α,β-unsaturated/α-hetero) is 1. The molecule has 0 aromatic heterocycles. The van der Waals surface area contributed by atoms with Crippen LogP contribution in [-0.2, 0) is 4.79 Å². The summed E-state index contributed by atoms with van der Waals surface area (Å²) in [6.45, 7) is 5.07. The highest BCUT2D eigenvalue weighted by molar-refractivity contribution is 5.98. The summed E-state index contributed by atoms with van der Waals surface area (Å²) in [4.78, 5) is 23.8. The molecular weight excluding hydrogens is 330 g/mol. The van der Waals surface area contributed by atoms with Crippen molar-refractivity contribution in [2.75, 3.05) is 12.4 Å². The fourth-order valence-corrected chi connectivity index (χ4v) is 2.38. The minimum atomic E-state index is -0.738. The Balaban J connectivity index is 2.09. The van der Waals surface area contributed by atoms with Gasteiger partial charge in [0.2, 0.25) is 0 Å². The first kappa shape index (κ1) is 19.2. The summed E-state index contributed by atoms with van der Waals surface area (Å²) in [5.41, 5.74) is 2.07. The number of ketones is 1. The molecule has 1 N–H and O–H groups in total. The standard InChI is InChI=1S/C21H23NO4/c1-5-7-16-10-11-19(20(12-16)25-4)26-15(3)21(24)22-18-9-6-8-17(13-18)14(2)23/h5-13,15H,1-4H3,(H,22,24)/b7-5+. The van der Waals surface area contributed by atoms with E-state index in [1.165, 1.54) is 6.92 Å². The summed E-state index contributed by atoms with van der Waals surface area (Å²) in [6.07, 6.45) is 3.14. The van der Waals surface area contributed by atoms with Gasteiger partial charge in [-0.25, -0.2) is 0 Å². The molecule has 1 atom stereocenters. The van der Waals surface area contributed by atoms with Gasteiger partial charge in [0.15, 0.2) is 23.4 Å². The lowest BCUT2D eigenvalue weighted by atomic mass is 10.1. The summed E-state index contributed by atoms with van der Waals surface area (Å²) in [5, 5.41) is 2.76. The molecule has 0 heterocycles. The van der Waals surface area contributed by atoms with Gasteiger partial charge in [0.05, 0.1) is 7.11 Å². The second-order valence-corrected chi connectivity index (χ2v) is 5.80. The van der Waals surface area contributed by atoms with Crippen LogP contribution in [-0.4, -0.2) is 24.9 Å². The van der Waals surface area contributed by atoms with Gasteiger partial charge in [0.25, 0.3) is 5.91 Å². The van der Waals surface area contributed by atoms with Crippen molar-refractivity contribution in [3.63, 3.8) is 0 Å². The molecule has 0 aliphatic heterocycles. The van der Waals surface area contributed by atoms with E-state index in [1.54, 1.807) is 44.4 Å². The topological polar surface area (TPSA) is 64.6 Å². The maximum atomic E-state index is 12.4. The molecule has 0 spiro atoms. The van der Waals surface area contributed by atoms with E-state index in [2.05, 4.69) is 5.32 Å². The molecule has 0 saturated heterocycles. The normalized spacial score (nSPS) is 11.8. The third kappa shape index (κ3) is 4.96. The number of allylic oxidation sites excluding steroid dienone is 1. The third-order valence-corrected chi connectivity index (χ3v) is 3.76. The minimum Gasteiger partial charge on any atom is -0.493 e. The van der Waals surface area contributed by atoms with Crippen molar-refractivity contribution in [2.45, 2.75) is 26.9 Å². The predicted molar refractivity (Wildman–Crippen MR) is 103 cm³/mol. The largest absolute Gasteiger partial charge is 0.493 e. The highest BCUT2D eigenvalue weighted by Crippen LogP contribution is 2.29. The van der Waals surface area contributed by atoms with E-state index in [-0.39, 0.29) is 11.7 Å². The van der Waals surface area contributed by atoms with Crippen LogP contribution < -0.4 is 14.8 Å². The summed E-state index contributed by atoms with van der Waals surface area (Å²) in [7, 11) is 1.56. The number of carbonyl (C=O) groups is 2. The van der Waals surface area contributed by atoms with Gasteiger partial charge in [-0.05, 0) is 50.6 Å². The summed E-state index contributed by atoms with van der Waals surface area (Å²) in [6, 6.07) is 12.3.